The molecule has 0 saturated heterocycles. The summed E-state index contributed by atoms with van der Waals surface area (Å²) >= 11 is 11.9. The van der Waals surface area contributed by atoms with Crippen LogP contribution in [0.4, 0.5) is 10.1 Å². The largest absolute Gasteiger partial charge is 0.385 e. The Morgan fingerprint density at radius 2 is 2.00 bits per heavy atom. The van der Waals surface area contributed by atoms with E-state index in [1.54, 1.807) is 18.2 Å². The minimum Gasteiger partial charge on any atom is -0.385 e. The van der Waals surface area contributed by atoms with Crippen LogP contribution >= 0.6 is 23.2 Å². The molecule has 1 aromatic carbocycles. The predicted octanol–water partition coefficient (Wildman–Crippen LogP) is 4.18. The monoisotopic (exact) mass is 284 g/mol. The Balaban J connectivity index is 1.92. The van der Waals surface area contributed by atoms with Crippen molar-refractivity contribution in [1.29, 1.82) is 0 Å². The van der Waals surface area contributed by atoms with E-state index in [2.05, 4.69) is 10.3 Å². The summed E-state index contributed by atoms with van der Waals surface area (Å²) in [6.07, 6.45) is 2.16. The SMILES string of the molecule is Fc1cc(NCCc2ccc(Cl)cc2Cl)ccn1. The maximum atomic E-state index is 12.8. The molecule has 5 heteroatoms. The van der Waals surface area contributed by atoms with Gasteiger partial charge in [0.05, 0.1) is 0 Å². The zero-order valence-electron chi connectivity index (χ0n) is 9.46. The van der Waals surface area contributed by atoms with E-state index < -0.39 is 5.95 Å². The second kappa shape index (κ2) is 6.03. The van der Waals surface area contributed by atoms with Gasteiger partial charge in [0.25, 0.3) is 0 Å². The molecule has 0 saturated carbocycles. The van der Waals surface area contributed by atoms with Crippen LogP contribution in [0.2, 0.25) is 10.0 Å². The van der Waals surface area contributed by atoms with E-state index in [0.717, 1.165) is 12.0 Å². The predicted molar refractivity (Wildman–Crippen MR) is 72.9 cm³/mol. The topological polar surface area (TPSA) is 24.9 Å². The van der Waals surface area contributed by atoms with Gasteiger partial charge in [0.15, 0.2) is 0 Å². The number of pyridine rings is 1. The van der Waals surface area contributed by atoms with Gasteiger partial charge in [0.2, 0.25) is 5.95 Å². The summed E-state index contributed by atoms with van der Waals surface area (Å²) in [6, 6.07) is 8.47. The molecule has 0 aliphatic rings. The highest BCUT2D eigenvalue weighted by Crippen LogP contribution is 2.21. The summed E-state index contributed by atoms with van der Waals surface area (Å²) in [5, 5.41) is 4.37. The van der Waals surface area contributed by atoms with Crippen LogP contribution in [0, 0.1) is 5.95 Å². The highest BCUT2D eigenvalue weighted by Gasteiger charge is 2.01. The Bertz CT molecular complexity index is 546. The summed E-state index contributed by atoms with van der Waals surface area (Å²) in [5.74, 6) is -0.496. The third kappa shape index (κ3) is 3.59. The Morgan fingerprint density at radius 1 is 1.17 bits per heavy atom. The molecular weight excluding hydrogens is 274 g/mol. The minimum absolute atomic E-state index is 0.496. The molecule has 18 heavy (non-hydrogen) atoms. The van der Waals surface area contributed by atoms with Gasteiger partial charge >= 0.3 is 0 Å². The third-order valence-electron chi connectivity index (χ3n) is 2.47. The van der Waals surface area contributed by atoms with Crippen LogP contribution in [-0.2, 0) is 6.42 Å². The van der Waals surface area contributed by atoms with Gasteiger partial charge in [-0.3, -0.25) is 0 Å². The maximum absolute atomic E-state index is 12.8. The molecule has 0 spiro atoms. The lowest BCUT2D eigenvalue weighted by molar-refractivity contribution is 0.584. The molecule has 0 bridgehead atoms. The number of anilines is 1. The van der Waals surface area contributed by atoms with Crippen molar-refractivity contribution in [3.05, 3.63) is 58.1 Å². The van der Waals surface area contributed by atoms with Gasteiger partial charge in [-0.15, -0.1) is 0 Å². The summed E-state index contributed by atoms with van der Waals surface area (Å²) in [7, 11) is 0. The van der Waals surface area contributed by atoms with Crippen molar-refractivity contribution in [3.63, 3.8) is 0 Å². The summed E-state index contributed by atoms with van der Waals surface area (Å²) < 4.78 is 12.8. The molecule has 2 nitrogen and oxygen atoms in total. The first-order valence-corrected chi connectivity index (χ1v) is 6.20. The van der Waals surface area contributed by atoms with Crippen LogP contribution in [0.25, 0.3) is 0 Å². The zero-order chi connectivity index (χ0) is 13.0. The van der Waals surface area contributed by atoms with Crippen LogP contribution in [0.1, 0.15) is 5.56 Å². The molecule has 94 valence electrons. The Labute approximate surface area is 115 Å². The number of halogens is 3. The lowest BCUT2D eigenvalue weighted by Crippen LogP contribution is -2.05. The van der Waals surface area contributed by atoms with Gasteiger partial charge in [0.1, 0.15) is 0 Å². The molecule has 1 aromatic heterocycles. The van der Waals surface area contributed by atoms with Gasteiger partial charge in [-0.2, -0.15) is 4.39 Å². The quantitative estimate of drug-likeness (QED) is 0.852. The van der Waals surface area contributed by atoms with E-state index in [9.17, 15) is 4.39 Å². The van der Waals surface area contributed by atoms with Crippen molar-refractivity contribution in [1.82, 2.24) is 4.98 Å². The van der Waals surface area contributed by atoms with Crippen LogP contribution < -0.4 is 5.32 Å². The van der Waals surface area contributed by atoms with Gasteiger partial charge in [0, 0.05) is 34.5 Å². The number of aromatic nitrogens is 1. The smallest absolute Gasteiger partial charge is 0.214 e. The van der Waals surface area contributed by atoms with E-state index in [1.807, 2.05) is 6.07 Å². The molecule has 0 fully saturated rings. The molecule has 0 radical (unpaired) electrons. The van der Waals surface area contributed by atoms with Gasteiger partial charge in [-0.1, -0.05) is 29.3 Å². The molecule has 1 N–H and O–H groups in total. The lowest BCUT2D eigenvalue weighted by Gasteiger charge is -2.07. The van der Waals surface area contributed by atoms with Crippen LogP contribution in [-0.4, -0.2) is 11.5 Å². The van der Waals surface area contributed by atoms with Gasteiger partial charge < -0.3 is 5.32 Å². The number of nitrogens with one attached hydrogen (secondary N) is 1. The lowest BCUT2D eigenvalue weighted by atomic mass is 10.1. The van der Waals surface area contributed by atoms with Crippen molar-refractivity contribution in [3.8, 4) is 0 Å². The Hall–Kier alpha value is -1.32. The molecule has 0 unspecified atom stereocenters. The number of nitrogens with zero attached hydrogens (tertiary/aromatic N) is 1. The third-order valence-corrected chi connectivity index (χ3v) is 3.05. The van der Waals surface area contributed by atoms with E-state index in [4.69, 9.17) is 23.2 Å². The number of hydrogen-bond donors (Lipinski definition) is 1. The second-order valence-electron chi connectivity index (χ2n) is 3.78. The molecule has 0 aliphatic heterocycles. The fourth-order valence-corrected chi connectivity index (χ4v) is 2.08. The Morgan fingerprint density at radius 3 is 2.72 bits per heavy atom. The normalized spacial score (nSPS) is 10.4. The molecule has 2 aromatic rings. The summed E-state index contributed by atoms with van der Waals surface area (Å²) in [6.45, 7) is 0.658. The molecule has 0 atom stereocenters. The van der Waals surface area contributed by atoms with Gasteiger partial charge in [-0.25, -0.2) is 4.98 Å². The molecule has 2 rings (SSSR count). The van der Waals surface area contributed by atoms with Crippen LogP contribution in [0.15, 0.2) is 36.5 Å². The van der Waals surface area contributed by atoms with Crippen LogP contribution in [0.3, 0.4) is 0 Å². The zero-order valence-corrected chi connectivity index (χ0v) is 11.0. The van der Waals surface area contributed by atoms with Crippen molar-refractivity contribution in [2.24, 2.45) is 0 Å². The number of rotatable bonds is 4. The average Bonchev–Trinajstić information content (AvgIpc) is 2.32. The summed E-state index contributed by atoms with van der Waals surface area (Å²) in [4.78, 5) is 3.49. The first kappa shape index (κ1) is 13.1. The standard InChI is InChI=1S/C13H11Cl2FN2/c14-10-2-1-9(12(15)7-10)3-5-17-11-4-6-18-13(16)8-11/h1-2,4,6-8H,3,5H2,(H,17,18). The molecular formula is C13H11Cl2FN2. The number of hydrogen-bond acceptors (Lipinski definition) is 2. The highest BCUT2D eigenvalue weighted by atomic mass is 35.5. The van der Waals surface area contributed by atoms with Crippen molar-refractivity contribution in [2.75, 3.05) is 11.9 Å². The number of benzene rings is 1. The van der Waals surface area contributed by atoms with E-state index >= 15 is 0 Å². The van der Waals surface area contributed by atoms with Crippen LogP contribution in [0.5, 0.6) is 0 Å². The first-order valence-electron chi connectivity index (χ1n) is 5.44. The first-order chi connectivity index (χ1) is 8.65. The van der Waals surface area contributed by atoms with Gasteiger partial charge in [-0.05, 0) is 30.2 Å². The van der Waals surface area contributed by atoms with Crippen molar-refractivity contribution < 1.29 is 4.39 Å². The second-order valence-corrected chi connectivity index (χ2v) is 4.62. The maximum Gasteiger partial charge on any atom is 0.214 e. The fourth-order valence-electron chi connectivity index (χ4n) is 1.58. The molecule has 0 amide bonds. The van der Waals surface area contributed by atoms with E-state index in [-0.39, 0.29) is 0 Å². The fraction of sp³-hybridized carbons (Fsp3) is 0.154. The molecule has 1 heterocycles. The average molecular weight is 285 g/mol. The van der Waals surface area contributed by atoms with Crippen molar-refractivity contribution in [2.45, 2.75) is 6.42 Å². The van der Waals surface area contributed by atoms with E-state index in [1.165, 1.54) is 12.3 Å². The minimum atomic E-state index is -0.496. The van der Waals surface area contributed by atoms with Crippen molar-refractivity contribution >= 4 is 28.9 Å². The Kier molecular flexibility index (Phi) is 4.39. The summed E-state index contributed by atoms with van der Waals surface area (Å²) in [5.41, 5.74) is 1.70. The molecule has 0 aliphatic carbocycles. The highest BCUT2D eigenvalue weighted by molar-refractivity contribution is 6.35. The van der Waals surface area contributed by atoms with E-state index in [0.29, 0.717) is 22.3 Å².